The van der Waals surface area contributed by atoms with Crippen LogP contribution in [-0.4, -0.2) is 23.6 Å². The van der Waals surface area contributed by atoms with Crippen molar-refractivity contribution in [1.29, 1.82) is 0 Å². The van der Waals surface area contributed by atoms with Crippen LogP contribution in [0.15, 0.2) is 24.3 Å². The van der Waals surface area contributed by atoms with E-state index in [1.807, 2.05) is 0 Å². The molecule has 2 fully saturated rings. The van der Waals surface area contributed by atoms with Crippen LogP contribution in [0.3, 0.4) is 0 Å². The minimum Gasteiger partial charge on any atom is -0.387 e. The number of halogens is 2. The molecule has 6 heteroatoms. The second-order valence-corrected chi connectivity index (χ2v) is 6.25. The van der Waals surface area contributed by atoms with Gasteiger partial charge < -0.3 is 16.2 Å². The zero-order valence-electron chi connectivity index (χ0n) is 12.2. The van der Waals surface area contributed by atoms with Crippen LogP contribution >= 0.6 is 12.4 Å². The van der Waals surface area contributed by atoms with E-state index in [0.717, 1.165) is 19.3 Å². The van der Waals surface area contributed by atoms with Crippen LogP contribution in [0.1, 0.15) is 30.9 Å². The highest BCUT2D eigenvalue weighted by molar-refractivity contribution is 5.85. The molecule has 1 aromatic carbocycles. The van der Waals surface area contributed by atoms with Crippen LogP contribution < -0.4 is 11.1 Å². The molecule has 1 amide bonds. The fourth-order valence-corrected chi connectivity index (χ4v) is 3.87. The summed E-state index contributed by atoms with van der Waals surface area (Å²) in [4.78, 5) is 12.3. The normalized spacial score (nSPS) is 30.7. The highest BCUT2D eigenvalue weighted by Crippen LogP contribution is 2.47. The third kappa shape index (κ3) is 3.26. The van der Waals surface area contributed by atoms with Gasteiger partial charge in [0.05, 0.1) is 12.0 Å². The first-order chi connectivity index (χ1) is 10.1. The van der Waals surface area contributed by atoms with Crippen molar-refractivity contribution >= 4 is 18.3 Å². The van der Waals surface area contributed by atoms with Gasteiger partial charge in [0.25, 0.3) is 0 Å². The number of amides is 1. The monoisotopic (exact) mass is 328 g/mol. The van der Waals surface area contributed by atoms with E-state index in [-0.39, 0.29) is 36.8 Å². The number of hydrogen-bond donors (Lipinski definition) is 3. The van der Waals surface area contributed by atoms with Gasteiger partial charge in [-0.05, 0) is 48.8 Å². The Labute approximate surface area is 135 Å². The van der Waals surface area contributed by atoms with Crippen molar-refractivity contribution in [2.75, 3.05) is 6.54 Å². The molecule has 0 aliphatic heterocycles. The quantitative estimate of drug-likeness (QED) is 0.788. The molecule has 4 nitrogen and oxygen atoms in total. The maximum atomic E-state index is 13.1. The molecule has 22 heavy (non-hydrogen) atoms. The van der Waals surface area contributed by atoms with Gasteiger partial charge in [0.15, 0.2) is 0 Å². The molecule has 3 rings (SSSR count). The van der Waals surface area contributed by atoms with Gasteiger partial charge in [-0.3, -0.25) is 4.79 Å². The third-order valence-electron chi connectivity index (χ3n) is 4.99. The number of fused-ring (bicyclic) bond motifs is 2. The Morgan fingerprint density at radius 2 is 2.14 bits per heavy atom. The van der Waals surface area contributed by atoms with E-state index in [4.69, 9.17) is 5.73 Å². The summed E-state index contributed by atoms with van der Waals surface area (Å²) in [5.74, 6) is 0.247. The maximum Gasteiger partial charge on any atom is 0.225 e. The lowest BCUT2D eigenvalue weighted by Crippen LogP contribution is -2.46. The number of aliphatic hydroxyl groups excluding tert-OH is 1. The van der Waals surface area contributed by atoms with E-state index in [9.17, 15) is 14.3 Å². The van der Waals surface area contributed by atoms with E-state index in [0.29, 0.717) is 17.4 Å². The second-order valence-electron chi connectivity index (χ2n) is 6.25. The van der Waals surface area contributed by atoms with Crippen LogP contribution in [0.4, 0.5) is 4.39 Å². The Morgan fingerprint density at radius 1 is 1.41 bits per heavy atom. The zero-order chi connectivity index (χ0) is 15.0. The van der Waals surface area contributed by atoms with Crippen molar-refractivity contribution in [3.05, 3.63) is 35.6 Å². The van der Waals surface area contributed by atoms with Gasteiger partial charge in [-0.2, -0.15) is 0 Å². The summed E-state index contributed by atoms with van der Waals surface area (Å²) in [7, 11) is 0. The van der Waals surface area contributed by atoms with Crippen molar-refractivity contribution in [2.45, 2.75) is 31.4 Å². The van der Waals surface area contributed by atoms with E-state index in [1.54, 1.807) is 12.1 Å². The Balaban J connectivity index is 0.00000176. The first-order valence-corrected chi connectivity index (χ1v) is 7.53. The van der Waals surface area contributed by atoms with E-state index < -0.39 is 11.9 Å². The summed E-state index contributed by atoms with van der Waals surface area (Å²) in [6.45, 7) is 0.0862. The van der Waals surface area contributed by atoms with Gasteiger partial charge in [0.1, 0.15) is 5.82 Å². The molecule has 2 saturated carbocycles. The largest absolute Gasteiger partial charge is 0.387 e. The number of hydrogen-bond acceptors (Lipinski definition) is 3. The Hall–Kier alpha value is -1.17. The maximum absolute atomic E-state index is 13.1. The van der Waals surface area contributed by atoms with Gasteiger partial charge in [-0.15, -0.1) is 12.4 Å². The van der Waals surface area contributed by atoms with Crippen LogP contribution in [0, 0.1) is 23.6 Å². The smallest absolute Gasteiger partial charge is 0.225 e. The average Bonchev–Trinajstić information content (AvgIpc) is 3.05. The molecule has 0 radical (unpaired) electrons. The van der Waals surface area contributed by atoms with Gasteiger partial charge in [0, 0.05) is 12.6 Å². The van der Waals surface area contributed by atoms with Crippen molar-refractivity contribution < 1.29 is 14.3 Å². The molecule has 2 aliphatic carbocycles. The Bertz CT molecular complexity index is 541. The summed E-state index contributed by atoms with van der Waals surface area (Å²) in [6, 6.07) is 5.73. The van der Waals surface area contributed by atoms with Crippen LogP contribution in [-0.2, 0) is 4.79 Å². The lowest BCUT2D eigenvalue weighted by Gasteiger charge is -2.27. The average molecular weight is 329 g/mol. The molecule has 4 N–H and O–H groups in total. The molecule has 5 unspecified atom stereocenters. The standard InChI is InChI=1S/C16H21FN2O2.ClH/c17-12-3-1-2-9(7-12)13(20)8-19-16(21)14-10-4-5-11(6-10)15(14)18;/h1-3,7,10-11,13-15,20H,4-6,8,18H2,(H,19,21);1H. The van der Waals surface area contributed by atoms with Crippen LogP contribution in [0.25, 0.3) is 0 Å². The molecule has 2 bridgehead atoms. The Morgan fingerprint density at radius 3 is 2.77 bits per heavy atom. The zero-order valence-corrected chi connectivity index (χ0v) is 13.1. The topological polar surface area (TPSA) is 75.4 Å². The second kappa shape index (κ2) is 6.94. The minimum absolute atomic E-state index is 0. The lowest BCUT2D eigenvalue weighted by atomic mass is 9.84. The van der Waals surface area contributed by atoms with E-state index >= 15 is 0 Å². The molecule has 1 aromatic rings. The molecule has 0 aromatic heterocycles. The Kier molecular flexibility index (Phi) is 5.42. The molecule has 0 saturated heterocycles. The van der Waals surface area contributed by atoms with Crippen molar-refractivity contribution in [3.8, 4) is 0 Å². The van der Waals surface area contributed by atoms with Crippen molar-refractivity contribution in [2.24, 2.45) is 23.5 Å². The molecule has 0 spiro atoms. The van der Waals surface area contributed by atoms with Gasteiger partial charge in [-0.1, -0.05) is 12.1 Å². The van der Waals surface area contributed by atoms with Crippen LogP contribution in [0.2, 0.25) is 0 Å². The first kappa shape index (κ1) is 17.2. The number of nitrogens with one attached hydrogen (secondary N) is 1. The fraction of sp³-hybridized carbons (Fsp3) is 0.562. The molecule has 122 valence electrons. The SMILES string of the molecule is Cl.NC1C2CCC(C2)C1C(=O)NCC(O)c1cccc(F)c1. The summed E-state index contributed by atoms with van der Waals surface area (Å²) in [6.07, 6.45) is 2.34. The molecule has 5 atom stereocenters. The number of nitrogens with two attached hydrogens (primary N) is 1. The van der Waals surface area contributed by atoms with Gasteiger partial charge in [-0.25, -0.2) is 4.39 Å². The summed E-state index contributed by atoms with van der Waals surface area (Å²) in [5, 5.41) is 12.8. The molecular formula is C16H22ClFN2O2. The molecule has 2 aliphatic rings. The summed E-state index contributed by atoms with van der Waals surface area (Å²) < 4.78 is 13.1. The number of rotatable bonds is 4. The van der Waals surface area contributed by atoms with E-state index in [1.165, 1.54) is 12.1 Å². The number of aliphatic hydroxyl groups is 1. The third-order valence-corrected chi connectivity index (χ3v) is 4.99. The number of carbonyl (C=O) groups excluding carboxylic acids is 1. The van der Waals surface area contributed by atoms with E-state index in [2.05, 4.69) is 5.32 Å². The first-order valence-electron chi connectivity index (χ1n) is 7.53. The van der Waals surface area contributed by atoms with Crippen molar-refractivity contribution in [3.63, 3.8) is 0 Å². The van der Waals surface area contributed by atoms with Gasteiger partial charge >= 0.3 is 0 Å². The van der Waals surface area contributed by atoms with Gasteiger partial charge in [0.2, 0.25) is 5.91 Å². The lowest BCUT2D eigenvalue weighted by molar-refractivity contribution is -0.127. The summed E-state index contributed by atoms with van der Waals surface area (Å²) >= 11 is 0. The predicted octanol–water partition coefficient (Wildman–Crippen LogP) is 1.77. The minimum atomic E-state index is -0.903. The highest BCUT2D eigenvalue weighted by Gasteiger charge is 2.48. The molecule has 0 heterocycles. The predicted molar refractivity (Wildman–Crippen MR) is 83.9 cm³/mol. The summed E-state index contributed by atoms with van der Waals surface area (Å²) in [5.41, 5.74) is 6.59. The van der Waals surface area contributed by atoms with Crippen LogP contribution in [0.5, 0.6) is 0 Å². The number of benzene rings is 1. The van der Waals surface area contributed by atoms with Crippen molar-refractivity contribution in [1.82, 2.24) is 5.32 Å². The highest BCUT2D eigenvalue weighted by atomic mass is 35.5. The fourth-order valence-electron chi connectivity index (χ4n) is 3.87. The molecular weight excluding hydrogens is 307 g/mol. The number of carbonyl (C=O) groups is 1.